The fourth-order valence-corrected chi connectivity index (χ4v) is 2.84. The summed E-state index contributed by atoms with van der Waals surface area (Å²) in [7, 11) is -1.42. The second-order valence-corrected chi connectivity index (χ2v) is 6.59. The summed E-state index contributed by atoms with van der Waals surface area (Å²) in [5.74, 6) is 0.340. The van der Waals surface area contributed by atoms with E-state index in [9.17, 15) is 13.8 Å². The van der Waals surface area contributed by atoms with Crippen LogP contribution in [0.5, 0.6) is 0 Å². The molecular formula is C13H18N6O4S. The number of H-pyrrole nitrogens is 2. The summed E-state index contributed by atoms with van der Waals surface area (Å²) < 4.78 is 17.0. The van der Waals surface area contributed by atoms with E-state index in [0.717, 1.165) is 19.6 Å². The van der Waals surface area contributed by atoms with E-state index >= 15 is 0 Å². The van der Waals surface area contributed by atoms with Gasteiger partial charge in [-0.25, -0.2) is 9.97 Å². The maximum absolute atomic E-state index is 11.7. The number of rotatable bonds is 5. The minimum absolute atomic E-state index is 0.0825. The first-order valence-electron chi connectivity index (χ1n) is 7.46. The predicted molar refractivity (Wildman–Crippen MR) is 88.9 cm³/mol. The zero-order chi connectivity index (χ0) is 17.1. The zero-order valence-corrected chi connectivity index (χ0v) is 13.9. The molecule has 24 heavy (non-hydrogen) atoms. The number of aromatic amines is 2. The number of ether oxygens (including phenoxy) is 1. The Hall–Kier alpha value is -2.11. The normalized spacial score (nSPS) is 17.0. The van der Waals surface area contributed by atoms with Gasteiger partial charge in [0.1, 0.15) is 5.52 Å². The van der Waals surface area contributed by atoms with Crippen molar-refractivity contribution in [3.63, 3.8) is 0 Å². The van der Waals surface area contributed by atoms with Crippen LogP contribution >= 0.6 is 0 Å². The molecule has 0 amide bonds. The van der Waals surface area contributed by atoms with Gasteiger partial charge in [-0.3, -0.25) is 18.7 Å². The Morgan fingerprint density at radius 2 is 1.92 bits per heavy atom. The first-order valence-corrected chi connectivity index (χ1v) is 9.02. The van der Waals surface area contributed by atoms with Crippen LogP contribution in [0.1, 0.15) is 0 Å². The third-order valence-electron chi connectivity index (χ3n) is 3.65. The predicted octanol–water partition coefficient (Wildman–Crippen LogP) is -1.51. The van der Waals surface area contributed by atoms with Crippen molar-refractivity contribution in [2.75, 3.05) is 51.0 Å². The summed E-state index contributed by atoms with van der Waals surface area (Å²) in [5.41, 5.74) is -1.16. The van der Waals surface area contributed by atoms with Crippen molar-refractivity contribution in [3.05, 3.63) is 20.7 Å². The van der Waals surface area contributed by atoms with Crippen LogP contribution in [-0.2, 0) is 15.5 Å². The Morgan fingerprint density at radius 1 is 1.21 bits per heavy atom. The highest BCUT2D eigenvalue weighted by Gasteiger charge is 2.14. The fourth-order valence-electron chi connectivity index (χ4n) is 2.40. The largest absolute Gasteiger partial charge is 0.379 e. The highest BCUT2D eigenvalue weighted by atomic mass is 32.2. The van der Waals surface area contributed by atoms with Gasteiger partial charge in [0.05, 0.1) is 24.0 Å². The Bertz CT molecular complexity index is 873. The molecule has 1 saturated heterocycles. The van der Waals surface area contributed by atoms with E-state index in [2.05, 4.69) is 30.2 Å². The average Bonchev–Trinajstić information content (AvgIpc) is 2.57. The highest BCUT2D eigenvalue weighted by molar-refractivity contribution is 7.84. The maximum Gasteiger partial charge on any atom is 0.315 e. The summed E-state index contributed by atoms with van der Waals surface area (Å²) in [6, 6.07) is 0. The van der Waals surface area contributed by atoms with Crippen LogP contribution in [0.15, 0.2) is 14.7 Å². The molecule has 130 valence electrons. The van der Waals surface area contributed by atoms with E-state index in [4.69, 9.17) is 4.74 Å². The molecule has 10 nitrogen and oxygen atoms in total. The molecular weight excluding hydrogens is 336 g/mol. The topological polar surface area (TPSA) is 133 Å². The van der Waals surface area contributed by atoms with Gasteiger partial charge in [0.15, 0.2) is 11.5 Å². The third kappa shape index (κ3) is 3.68. The van der Waals surface area contributed by atoms with Crippen LogP contribution in [0, 0.1) is 0 Å². The smallest absolute Gasteiger partial charge is 0.315 e. The number of aromatic nitrogens is 4. The number of anilines is 1. The van der Waals surface area contributed by atoms with Gasteiger partial charge in [-0.15, -0.1) is 0 Å². The minimum atomic E-state index is -1.42. The van der Waals surface area contributed by atoms with E-state index in [1.165, 1.54) is 6.26 Å². The van der Waals surface area contributed by atoms with E-state index in [0.29, 0.717) is 25.6 Å². The standard InChI is InChI=1S/C13H18N6O4S/c1-24(22)13-17-9(14-2-3-19-4-6-23-7-5-19)8-10(18-13)16-12(21)11(20)15-8/h2-7H2,1H3,(H,15,20)(H2,14,16,17,18,21). The fraction of sp³-hybridized carbons (Fsp3) is 0.538. The number of nitrogens with zero attached hydrogens (tertiary/aromatic N) is 3. The van der Waals surface area contributed by atoms with Gasteiger partial charge in [-0.05, 0) is 0 Å². The molecule has 3 heterocycles. The minimum Gasteiger partial charge on any atom is -0.379 e. The molecule has 1 fully saturated rings. The lowest BCUT2D eigenvalue weighted by atomic mass is 10.4. The van der Waals surface area contributed by atoms with Crippen molar-refractivity contribution in [3.8, 4) is 0 Å². The molecule has 0 radical (unpaired) electrons. The second kappa shape index (κ2) is 7.20. The van der Waals surface area contributed by atoms with Gasteiger partial charge in [0.25, 0.3) is 0 Å². The van der Waals surface area contributed by atoms with Gasteiger partial charge in [0, 0.05) is 32.4 Å². The van der Waals surface area contributed by atoms with Crippen LogP contribution in [0.2, 0.25) is 0 Å². The molecule has 1 aliphatic heterocycles. The van der Waals surface area contributed by atoms with Crippen molar-refractivity contribution < 1.29 is 8.95 Å². The van der Waals surface area contributed by atoms with Crippen molar-refractivity contribution in [2.45, 2.75) is 5.16 Å². The maximum atomic E-state index is 11.7. The SMILES string of the molecule is CS(=O)c1nc(NCCN2CCOCC2)c2[nH]c(=O)c(=O)[nH]c2n1. The molecule has 0 aromatic carbocycles. The second-order valence-electron chi connectivity index (χ2n) is 5.32. The molecule has 1 atom stereocenters. The summed E-state index contributed by atoms with van der Waals surface area (Å²) in [4.78, 5) is 38.3. The van der Waals surface area contributed by atoms with Gasteiger partial charge >= 0.3 is 11.1 Å². The van der Waals surface area contributed by atoms with Gasteiger partial charge < -0.3 is 20.0 Å². The zero-order valence-electron chi connectivity index (χ0n) is 13.1. The average molecular weight is 354 g/mol. The Kier molecular flexibility index (Phi) is 5.02. The molecule has 0 bridgehead atoms. The molecule has 0 aliphatic carbocycles. The van der Waals surface area contributed by atoms with Crippen molar-refractivity contribution in [2.24, 2.45) is 0 Å². The Balaban J connectivity index is 1.86. The third-order valence-corrected chi connectivity index (χ3v) is 4.34. The van der Waals surface area contributed by atoms with E-state index in [-0.39, 0.29) is 16.3 Å². The molecule has 0 spiro atoms. The summed E-state index contributed by atoms with van der Waals surface area (Å²) in [5, 5.41) is 3.20. The monoisotopic (exact) mass is 354 g/mol. The number of fused-ring (bicyclic) bond motifs is 1. The number of nitrogens with one attached hydrogen (secondary N) is 3. The van der Waals surface area contributed by atoms with E-state index < -0.39 is 21.9 Å². The molecule has 3 N–H and O–H groups in total. The lowest BCUT2D eigenvalue weighted by molar-refractivity contribution is 0.0398. The number of morpholine rings is 1. The van der Waals surface area contributed by atoms with Gasteiger partial charge in [0.2, 0.25) is 5.16 Å². The van der Waals surface area contributed by atoms with Gasteiger partial charge in [-0.1, -0.05) is 0 Å². The summed E-state index contributed by atoms with van der Waals surface area (Å²) in [6.45, 7) is 4.49. The summed E-state index contributed by atoms with van der Waals surface area (Å²) >= 11 is 0. The van der Waals surface area contributed by atoms with Crippen LogP contribution in [0.3, 0.4) is 0 Å². The van der Waals surface area contributed by atoms with Crippen LogP contribution < -0.4 is 16.4 Å². The molecule has 1 unspecified atom stereocenters. The van der Waals surface area contributed by atoms with Crippen LogP contribution in [-0.4, -0.2) is 74.7 Å². The number of hydrogen-bond donors (Lipinski definition) is 3. The molecule has 2 aromatic heterocycles. The van der Waals surface area contributed by atoms with E-state index in [1.807, 2.05) is 0 Å². The molecule has 2 aromatic rings. The first-order chi connectivity index (χ1) is 11.5. The summed E-state index contributed by atoms with van der Waals surface area (Å²) in [6.07, 6.45) is 1.45. The molecule has 1 aliphatic rings. The first kappa shape index (κ1) is 16.7. The quantitative estimate of drug-likeness (QED) is 0.436. The highest BCUT2D eigenvalue weighted by Crippen LogP contribution is 2.15. The van der Waals surface area contributed by atoms with Crippen molar-refractivity contribution in [1.82, 2.24) is 24.8 Å². The van der Waals surface area contributed by atoms with Crippen molar-refractivity contribution in [1.29, 1.82) is 0 Å². The lowest BCUT2D eigenvalue weighted by Gasteiger charge is -2.26. The van der Waals surface area contributed by atoms with Gasteiger partial charge in [-0.2, -0.15) is 0 Å². The molecule has 11 heteroatoms. The van der Waals surface area contributed by atoms with E-state index in [1.54, 1.807) is 0 Å². The Morgan fingerprint density at radius 3 is 2.62 bits per heavy atom. The Labute approximate surface area is 139 Å². The lowest BCUT2D eigenvalue weighted by Crippen LogP contribution is -2.39. The number of hydrogen-bond acceptors (Lipinski definition) is 8. The molecule has 3 rings (SSSR count). The van der Waals surface area contributed by atoms with Crippen molar-refractivity contribution >= 4 is 27.8 Å². The van der Waals surface area contributed by atoms with Crippen LogP contribution in [0.4, 0.5) is 5.82 Å². The molecule has 0 saturated carbocycles. The van der Waals surface area contributed by atoms with Crippen LogP contribution in [0.25, 0.3) is 11.2 Å².